The van der Waals surface area contributed by atoms with Crippen LogP contribution < -0.4 is 5.73 Å². The maximum atomic E-state index is 12.9. The number of hydrogen-bond donors (Lipinski definition) is 1. The van der Waals surface area contributed by atoms with Gasteiger partial charge in [-0.1, -0.05) is 25.7 Å². The summed E-state index contributed by atoms with van der Waals surface area (Å²) in [6.07, 6.45) is 6.94. The van der Waals surface area contributed by atoms with Crippen molar-refractivity contribution >= 4 is 5.91 Å². The summed E-state index contributed by atoms with van der Waals surface area (Å²) < 4.78 is 5.72. The standard InChI is InChI=1S/C15H28N2O2/c1-12-9-17(10-13(2)19-12)14(18)15(11-16)7-5-3-4-6-8-15/h12-13H,3-11,16H2,1-2H3. The number of ether oxygens (including phenoxy) is 1. The van der Waals surface area contributed by atoms with Crippen LogP contribution in [0, 0.1) is 5.41 Å². The Morgan fingerprint density at radius 2 is 1.68 bits per heavy atom. The molecule has 1 aliphatic heterocycles. The van der Waals surface area contributed by atoms with Crippen molar-refractivity contribution in [3.8, 4) is 0 Å². The molecule has 0 spiro atoms. The van der Waals surface area contributed by atoms with Gasteiger partial charge in [-0.25, -0.2) is 0 Å². The SMILES string of the molecule is CC1CN(C(=O)C2(CN)CCCCCC2)CC(C)O1. The summed E-state index contributed by atoms with van der Waals surface area (Å²) in [7, 11) is 0. The van der Waals surface area contributed by atoms with Crippen LogP contribution in [0.5, 0.6) is 0 Å². The molecular formula is C15H28N2O2. The second kappa shape index (κ2) is 6.23. The van der Waals surface area contributed by atoms with Gasteiger partial charge in [0.25, 0.3) is 0 Å². The normalized spacial score (nSPS) is 31.8. The fourth-order valence-corrected chi connectivity index (χ4v) is 3.59. The number of rotatable bonds is 2. The van der Waals surface area contributed by atoms with Gasteiger partial charge in [-0.3, -0.25) is 4.79 Å². The average molecular weight is 268 g/mol. The molecule has 1 aliphatic carbocycles. The summed E-state index contributed by atoms with van der Waals surface area (Å²) in [5, 5.41) is 0. The van der Waals surface area contributed by atoms with Crippen LogP contribution in [0.4, 0.5) is 0 Å². The fraction of sp³-hybridized carbons (Fsp3) is 0.933. The Balaban J connectivity index is 2.10. The molecule has 1 saturated carbocycles. The molecule has 0 aromatic carbocycles. The van der Waals surface area contributed by atoms with E-state index in [4.69, 9.17) is 10.5 Å². The first-order chi connectivity index (χ1) is 9.07. The summed E-state index contributed by atoms with van der Waals surface area (Å²) in [5.74, 6) is 0.277. The molecule has 4 nitrogen and oxygen atoms in total. The van der Waals surface area contributed by atoms with Crippen molar-refractivity contribution in [1.82, 2.24) is 4.90 Å². The number of nitrogens with two attached hydrogens (primary N) is 1. The van der Waals surface area contributed by atoms with Crippen LogP contribution >= 0.6 is 0 Å². The largest absolute Gasteiger partial charge is 0.372 e. The van der Waals surface area contributed by atoms with Crippen LogP contribution in [0.1, 0.15) is 52.4 Å². The summed E-state index contributed by atoms with van der Waals surface area (Å²) in [4.78, 5) is 14.9. The topological polar surface area (TPSA) is 55.6 Å². The third kappa shape index (κ3) is 3.29. The van der Waals surface area contributed by atoms with Gasteiger partial charge in [0, 0.05) is 19.6 Å². The molecule has 2 fully saturated rings. The van der Waals surface area contributed by atoms with E-state index in [1.807, 2.05) is 18.7 Å². The third-order valence-electron chi connectivity index (χ3n) is 4.61. The monoisotopic (exact) mass is 268 g/mol. The minimum atomic E-state index is -0.298. The predicted octanol–water partition coefficient (Wildman–Crippen LogP) is 1.92. The fourth-order valence-electron chi connectivity index (χ4n) is 3.59. The van der Waals surface area contributed by atoms with E-state index < -0.39 is 0 Å². The van der Waals surface area contributed by atoms with Gasteiger partial charge >= 0.3 is 0 Å². The van der Waals surface area contributed by atoms with Crippen molar-refractivity contribution in [2.45, 2.75) is 64.6 Å². The van der Waals surface area contributed by atoms with E-state index in [1.165, 1.54) is 12.8 Å². The minimum absolute atomic E-state index is 0.133. The van der Waals surface area contributed by atoms with Crippen LogP contribution in [0.25, 0.3) is 0 Å². The molecule has 1 saturated heterocycles. The number of amides is 1. The van der Waals surface area contributed by atoms with Crippen molar-refractivity contribution in [3.63, 3.8) is 0 Å². The molecule has 19 heavy (non-hydrogen) atoms. The highest BCUT2D eigenvalue weighted by molar-refractivity contribution is 5.83. The number of hydrogen-bond acceptors (Lipinski definition) is 3. The molecule has 2 aliphatic rings. The van der Waals surface area contributed by atoms with Gasteiger partial charge in [0.05, 0.1) is 17.6 Å². The van der Waals surface area contributed by atoms with Gasteiger partial charge in [0.15, 0.2) is 0 Å². The van der Waals surface area contributed by atoms with Crippen molar-refractivity contribution in [1.29, 1.82) is 0 Å². The summed E-state index contributed by atoms with van der Waals surface area (Å²) >= 11 is 0. The smallest absolute Gasteiger partial charge is 0.230 e. The second-order valence-electron chi connectivity index (χ2n) is 6.37. The lowest BCUT2D eigenvalue weighted by Gasteiger charge is -2.41. The third-order valence-corrected chi connectivity index (χ3v) is 4.61. The Bertz CT molecular complexity index is 301. The lowest BCUT2D eigenvalue weighted by atomic mass is 9.78. The molecule has 0 radical (unpaired) electrons. The van der Waals surface area contributed by atoms with Crippen LogP contribution in [-0.2, 0) is 9.53 Å². The highest BCUT2D eigenvalue weighted by Crippen LogP contribution is 2.36. The Morgan fingerprint density at radius 1 is 1.16 bits per heavy atom. The Morgan fingerprint density at radius 3 is 2.16 bits per heavy atom. The lowest BCUT2D eigenvalue weighted by molar-refractivity contribution is -0.154. The molecule has 110 valence electrons. The van der Waals surface area contributed by atoms with Crippen LogP contribution in [-0.4, -0.2) is 42.6 Å². The van der Waals surface area contributed by atoms with Crippen molar-refractivity contribution < 1.29 is 9.53 Å². The van der Waals surface area contributed by atoms with E-state index in [0.29, 0.717) is 19.6 Å². The zero-order valence-corrected chi connectivity index (χ0v) is 12.4. The maximum absolute atomic E-state index is 12.9. The molecule has 2 atom stereocenters. The van der Waals surface area contributed by atoms with Crippen LogP contribution in [0.2, 0.25) is 0 Å². The zero-order chi connectivity index (χ0) is 13.9. The number of morpholine rings is 1. The molecule has 1 amide bonds. The molecule has 0 aromatic rings. The molecule has 0 bridgehead atoms. The number of carbonyl (C=O) groups is 1. The molecule has 2 rings (SSSR count). The van der Waals surface area contributed by atoms with Crippen molar-refractivity contribution in [2.24, 2.45) is 11.1 Å². The van der Waals surface area contributed by atoms with Gasteiger partial charge in [-0.15, -0.1) is 0 Å². The maximum Gasteiger partial charge on any atom is 0.230 e. The molecular weight excluding hydrogens is 240 g/mol. The predicted molar refractivity (Wildman–Crippen MR) is 75.8 cm³/mol. The first-order valence-electron chi connectivity index (χ1n) is 7.72. The second-order valence-corrected chi connectivity index (χ2v) is 6.37. The van der Waals surface area contributed by atoms with Crippen molar-refractivity contribution in [2.75, 3.05) is 19.6 Å². The molecule has 1 heterocycles. The molecule has 2 unspecified atom stereocenters. The van der Waals surface area contributed by atoms with E-state index in [9.17, 15) is 4.79 Å². The van der Waals surface area contributed by atoms with E-state index in [-0.39, 0.29) is 23.5 Å². The highest BCUT2D eigenvalue weighted by Gasteiger charge is 2.41. The lowest BCUT2D eigenvalue weighted by Crippen LogP contribution is -2.55. The number of carbonyl (C=O) groups excluding carboxylic acids is 1. The molecule has 0 aromatic heterocycles. The van der Waals surface area contributed by atoms with Gasteiger partial charge in [-0.05, 0) is 26.7 Å². The van der Waals surface area contributed by atoms with Gasteiger partial charge in [0.1, 0.15) is 0 Å². The summed E-state index contributed by atoms with van der Waals surface area (Å²) in [5.41, 5.74) is 5.71. The number of nitrogens with zero attached hydrogens (tertiary/aromatic N) is 1. The van der Waals surface area contributed by atoms with Gasteiger partial charge < -0.3 is 15.4 Å². The minimum Gasteiger partial charge on any atom is -0.372 e. The Kier molecular flexibility index (Phi) is 4.85. The first-order valence-corrected chi connectivity index (χ1v) is 7.72. The highest BCUT2D eigenvalue weighted by atomic mass is 16.5. The van der Waals surface area contributed by atoms with Gasteiger partial charge in [0.2, 0.25) is 5.91 Å². The van der Waals surface area contributed by atoms with E-state index >= 15 is 0 Å². The van der Waals surface area contributed by atoms with Gasteiger partial charge in [-0.2, -0.15) is 0 Å². The molecule has 4 heteroatoms. The Labute approximate surface area is 116 Å². The van der Waals surface area contributed by atoms with Crippen molar-refractivity contribution in [3.05, 3.63) is 0 Å². The van der Waals surface area contributed by atoms with Crippen LogP contribution in [0.15, 0.2) is 0 Å². The summed E-state index contributed by atoms with van der Waals surface area (Å²) in [6, 6.07) is 0. The molecule has 2 N–H and O–H groups in total. The van der Waals surface area contributed by atoms with E-state index in [0.717, 1.165) is 25.7 Å². The van der Waals surface area contributed by atoms with E-state index in [1.54, 1.807) is 0 Å². The Hall–Kier alpha value is -0.610. The van der Waals surface area contributed by atoms with E-state index in [2.05, 4.69) is 0 Å². The van der Waals surface area contributed by atoms with Crippen LogP contribution in [0.3, 0.4) is 0 Å². The summed E-state index contributed by atoms with van der Waals surface area (Å²) in [6.45, 7) is 6.00. The zero-order valence-electron chi connectivity index (χ0n) is 12.4. The average Bonchev–Trinajstić information content (AvgIpc) is 2.63. The quantitative estimate of drug-likeness (QED) is 0.778. The first kappa shape index (κ1) is 14.8.